The monoisotopic (exact) mass is 324 g/mol. The molecule has 0 aliphatic heterocycles. The summed E-state index contributed by atoms with van der Waals surface area (Å²) in [7, 11) is 0. The Morgan fingerprint density at radius 3 is 2.75 bits per heavy atom. The van der Waals surface area contributed by atoms with Crippen molar-refractivity contribution in [3.8, 4) is 0 Å². The van der Waals surface area contributed by atoms with E-state index in [0.29, 0.717) is 18.1 Å². The molecular formula is C22H28O2. The Kier molecular flexibility index (Phi) is 5.65. The quantitative estimate of drug-likeness (QED) is 0.624. The Balaban J connectivity index is 1.59. The van der Waals surface area contributed by atoms with Gasteiger partial charge in [-0.3, -0.25) is 9.59 Å². The predicted octanol–water partition coefficient (Wildman–Crippen LogP) is 5.09. The number of carbonyl (C=O) groups is 2. The Morgan fingerprint density at radius 1 is 1.04 bits per heavy atom. The van der Waals surface area contributed by atoms with Gasteiger partial charge in [-0.1, -0.05) is 56.9 Å². The zero-order valence-electron chi connectivity index (χ0n) is 14.7. The van der Waals surface area contributed by atoms with Gasteiger partial charge in [0.2, 0.25) is 0 Å². The zero-order valence-corrected chi connectivity index (χ0v) is 14.7. The third-order valence-electron chi connectivity index (χ3n) is 5.68. The maximum atomic E-state index is 12.2. The van der Waals surface area contributed by atoms with Crippen molar-refractivity contribution in [3.05, 3.63) is 47.0 Å². The number of Topliss-reactive ketones (excluding diaryl/α,β-unsaturated/α-hetero) is 1. The standard InChI is InChI=1S/C22H28O2/c1-2-3-4-5-7-17-11-14-21(23)19(17)12-10-16-8-6-9-20-18(16)13-15-22(20)24/h6,8-9,11,14,17,19H,2-5,7,10,12-13,15H2,1H3/t17-,19+/m0/s1. The molecule has 1 aromatic rings. The molecule has 0 aromatic heterocycles. The van der Waals surface area contributed by atoms with Gasteiger partial charge in [0.05, 0.1) is 0 Å². The van der Waals surface area contributed by atoms with Gasteiger partial charge in [-0.25, -0.2) is 0 Å². The van der Waals surface area contributed by atoms with Gasteiger partial charge in [0.25, 0.3) is 0 Å². The van der Waals surface area contributed by atoms with Crippen LogP contribution in [0, 0.1) is 11.8 Å². The molecule has 2 heteroatoms. The molecule has 2 atom stereocenters. The van der Waals surface area contributed by atoms with Crippen LogP contribution in [0.2, 0.25) is 0 Å². The molecule has 2 nitrogen and oxygen atoms in total. The smallest absolute Gasteiger partial charge is 0.163 e. The fourth-order valence-corrected chi connectivity index (χ4v) is 4.26. The van der Waals surface area contributed by atoms with Crippen molar-refractivity contribution in [3.63, 3.8) is 0 Å². The van der Waals surface area contributed by atoms with Crippen LogP contribution in [0.25, 0.3) is 0 Å². The van der Waals surface area contributed by atoms with Crippen LogP contribution in [0.5, 0.6) is 0 Å². The molecule has 3 rings (SSSR count). The lowest BCUT2D eigenvalue weighted by Crippen LogP contribution is -2.17. The highest BCUT2D eigenvalue weighted by Gasteiger charge is 2.30. The van der Waals surface area contributed by atoms with Crippen molar-refractivity contribution in [2.24, 2.45) is 11.8 Å². The van der Waals surface area contributed by atoms with Crippen molar-refractivity contribution >= 4 is 11.6 Å². The van der Waals surface area contributed by atoms with Crippen molar-refractivity contribution in [1.29, 1.82) is 0 Å². The minimum atomic E-state index is 0.152. The lowest BCUT2D eigenvalue weighted by Gasteiger charge is -2.19. The van der Waals surface area contributed by atoms with Gasteiger partial charge in [0, 0.05) is 17.9 Å². The number of benzene rings is 1. The predicted molar refractivity (Wildman–Crippen MR) is 97.3 cm³/mol. The third kappa shape index (κ3) is 3.68. The molecule has 0 bridgehead atoms. The molecule has 1 aromatic carbocycles. The van der Waals surface area contributed by atoms with Crippen molar-refractivity contribution in [1.82, 2.24) is 0 Å². The average Bonchev–Trinajstić information content (AvgIpc) is 3.14. The first kappa shape index (κ1) is 17.1. The zero-order chi connectivity index (χ0) is 16.9. The number of hydrogen-bond acceptors (Lipinski definition) is 2. The van der Waals surface area contributed by atoms with Gasteiger partial charge >= 0.3 is 0 Å². The second-order valence-corrected chi connectivity index (χ2v) is 7.29. The van der Waals surface area contributed by atoms with Crippen LogP contribution >= 0.6 is 0 Å². The summed E-state index contributed by atoms with van der Waals surface area (Å²) >= 11 is 0. The molecule has 0 saturated carbocycles. The van der Waals surface area contributed by atoms with Gasteiger partial charge in [0.15, 0.2) is 11.6 Å². The van der Waals surface area contributed by atoms with Crippen LogP contribution in [0.3, 0.4) is 0 Å². The summed E-state index contributed by atoms with van der Waals surface area (Å²) in [4.78, 5) is 24.1. The molecule has 0 spiro atoms. The van der Waals surface area contributed by atoms with Crippen LogP contribution in [0.1, 0.15) is 73.4 Å². The second-order valence-electron chi connectivity index (χ2n) is 7.29. The highest BCUT2D eigenvalue weighted by molar-refractivity contribution is 6.00. The van der Waals surface area contributed by atoms with E-state index >= 15 is 0 Å². The molecule has 0 N–H and O–H groups in total. The molecule has 0 fully saturated rings. The summed E-state index contributed by atoms with van der Waals surface area (Å²) in [5.41, 5.74) is 3.43. The number of unbranched alkanes of at least 4 members (excludes halogenated alkanes) is 3. The van der Waals surface area contributed by atoms with Gasteiger partial charge in [0.1, 0.15) is 0 Å². The summed E-state index contributed by atoms with van der Waals surface area (Å²) in [6, 6.07) is 6.09. The molecule has 24 heavy (non-hydrogen) atoms. The number of ketones is 2. The van der Waals surface area contributed by atoms with Gasteiger partial charge in [-0.15, -0.1) is 0 Å². The molecule has 128 valence electrons. The minimum Gasteiger partial charge on any atom is -0.295 e. The summed E-state index contributed by atoms with van der Waals surface area (Å²) in [5.74, 6) is 1.16. The third-order valence-corrected chi connectivity index (χ3v) is 5.68. The Bertz CT molecular complexity index is 641. The SMILES string of the molecule is CCCCCC[C@H]1C=CC(=O)[C@@H]1CCc1cccc2c1CCC2=O. The number of allylic oxidation sites excluding steroid dienone is 2. The fraction of sp³-hybridized carbons (Fsp3) is 0.545. The molecule has 2 aliphatic carbocycles. The van der Waals surface area contributed by atoms with E-state index in [9.17, 15) is 9.59 Å². The largest absolute Gasteiger partial charge is 0.295 e. The van der Waals surface area contributed by atoms with Crippen LogP contribution in [0.4, 0.5) is 0 Å². The van der Waals surface area contributed by atoms with Crippen molar-refractivity contribution in [2.45, 2.75) is 64.7 Å². The molecule has 2 aliphatic rings. The molecule has 0 amide bonds. The van der Waals surface area contributed by atoms with E-state index in [1.54, 1.807) is 6.08 Å². The first-order chi connectivity index (χ1) is 11.7. The summed E-state index contributed by atoms with van der Waals surface area (Å²) in [5, 5.41) is 0. The van der Waals surface area contributed by atoms with Crippen LogP contribution in [0.15, 0.2) is 30.4 Å². The molecule has 0 heterocycles. The first-order valence-electron chi connectivity index (χ1n) is 9.56. The van der Waals surface area contributed by atoms with Crippen LogP contribution in [-0.4, -0.2) is 11.6 Å². The number of rotatable bonds is 8. The van der Waals surface area contributed by atoms with Crippen LogP contribution < -0.4 is 0 Å². The normalized spacial score (nSPS) is 22.4. The van der Waals surface area contributed by atoms with E-state index in [1.165, 1.54) is 36.8 Å². The average molecular weight is 324 g/mol. The van der Waals surface area contributed by atoms with E-state index in [-0.39, 0.29) is 11.7 Å². The summed E-state index contributed by atoms with van der Waals surface area (Å²) in [6.07, 6.45) is 13.5. The number of fused-ring (bicyclic) bond motifs is 1. The van der Waals surface area contributed by atoms with Crippen molar-refractivity contribution < 1.29 is 9.59 Å². The van der Waals surface area contributed by atoms with E-state index in [0.717, 1.165) is 31.2 Å². The summed E-state index contributed by atoms with van der Waals surface area (Å²) < 4.78 is 0. The lowest BCUT2D eigenvalue weighted by molar-refractivity contribution is -0.118. The van der Waals surface area contributed by atoms with E-state index < -0.39 is 0 Å². The number of hydrogen-bond donors (Lipinski definition) is 0. The fourth-order valence-electron chi connectivity index (χ4n) is 4.26. The minimum absolute atomic E-state index is 0.152. The van der Waals surface area contributed by atoms with E-state index in [2.05, 4.69) is 19.1 Å². The Labute approximate surface area is 145 Å². The van der Waals surface area contributed by atoms with Crippen molar-refractivity contribution in [2.75, 3.05) is 0 Å². The van der Waals surface area contributed by atoms with Gasteiger partial charge in [-0.2, -0.15) is 0 Å². The molecule has 0 unspecified atom stereocenters. The Morgan fingerprint density at radius 2 is 1.92 bits per heavy atom. The lowest BCUT2D eigenvalue weighted by atomic mass is 9.84. The molecule has 0 radical (unpaired) electrons. The molecule has 0 saturated heterocycles. The van der Waals surface area contributed by atoms with Gasteiger partial charge in [-0.05, 0) is 48.8 Å². The Hall–Kier alpha value is -1.70. The highest BCUT2D eigenvalue weighted by Crippen LogP contribution is 2.33. The van der Waals surface area contributed by atoms with E-state index in [1.807, 2.05) is 12.1 Å². The summed E-state index contributed by atoms with van der Waals surface area (Å²) in [6.45, 7) is 2.23. The molecular weight excluding hydrogens is 296 g/mol. The number of carbonyl (C=O) groups excluding carboxylic acids is 2. The van der Waals surface area contributed by atoms with E-state index in [4.69, 9.17) is 0 Å². The maximum absolute atomic E-state index is 12.2. The van der Waals surface area contributed by atoms with Crippen LogP contribution in [-0.2, 0) is 17.6 Å². The maximum Gasteiger partial charge on any atom is 0.163 e. The first-order valence-corrected chi connectivity index (χ1v) is 9.56. The number of aryl methyl sites for hydroxylation is 1. The van der Waals surface area contributed by atoms with Gasteiger partial charge < -0.3 is 0 Å². The topological polar surface area (TPSA) is 34.1 Å². The highest BCUT2D eigenvalue weighted by atomic mass is 16.1. The second kappa shape index (κ2) is 7.92.